The highest BCUT2D eigenvalue weighted by molar-refractivity contribution is 8.00. The maximum Gasteiger partial charge on any atom is 0.229 e. The molecular weight excluding hydrogens is 336 g/mol. The van der Waals surface area contributed by atoms with E-state index in [1.54, 1.807) is 23.1 Å². The summed E-state index contributed by atoms with van der Waals surface area (Å²) in [6, 6.07) is 16.3. The van der Waals surface area contributed by atoms with Crippen molar-refractivity contribution in [1.82, 2.24) is 4.98 Å². The first-order chi connectivity index (χ1) is 11.4. The number of aromatic nitrogens is 1. The van der Waals surface area contributed by atoms with E-state index in [0.717, 1.165) is 26.0 Å². The minimum atomic E-state index is -0.403. The smallest absolute Gasteiger partial charge is 0.229 e. The van der Waals surface area contributed by atoms with Crippen molar-refractivity contribution in [2.24, 2.45) is 5.41 Å². The van der Waals surface area contributed by atoms with Crippen molar-refractivity contribution in [2.45, 2.75) is 30.9 Å². The molecule has 0 aliphatic rings. The van der Waals surface area contributed by atoms with Crippen molar-refractivity contribution in [3.05, 3.63) is 54.1 Å². The first-order valence-electron chi connectivity index (χ1n) is 7.80. The van der Waals surface area contributed by atoms with E-state index in [2.05, 4.69) is 34.6 Å². The average molecular weight is 357 g/mol. The molecule has 3 nitrogen and oxygen atoms in total. The molecule has 0 unspecified atom stereocenters. The standard InChI is InChI=1S/C19H20N2OS2/c1-19(2,3)17(22)20-14-9-10-15-16(11-14)24-18(21-15)23-12-13-7-5-4-6-8-13/h4-11H,12H2,1-3H3,(H,20,22). The zero-order valence-corrected chi connectivity index (χ0v) is 15.6. The summed E-state index contributed by atoms with van der Waals surface area (Å²) >= 11 is 3.41. The second-order valence-corrected chi connectivity index (χ2v) is 8.89. The molecule has 0 saturated heterocycles. The third-order valence-corrected chi connectivity index (χ3v) is 5.75. The number of fused-ring (bicyclic) bond motifs is 1. The van der Waals surface area contributed by atoms with Gasteiger partial charge in [-0.1, -0.05) is 62.9 Å². The number of amides is 1. The Morgan fingerprint density at radius 3 is 2.62 bits per heavy atom. The molecule has 0 aliphatic carbocycles. The summed E-state index contributed by atoms with van der Waals surface area (Å²) in [6.07, 6.45) is 0. The molecule has 1 amide bonds. The number of carbonyl (C=O) groups is 1. The van der Waals surface area contributed by atoms with Crippen molar-refractivity contribution >= 4 is 44.9 Å². The fraction of sp³-hybridized carbons (Fsp3) is 0.263. The Labute approximate surface area is 150 Å². The molecule has 2 aromatic carbocycles. The molecule has 0 bridgehead atoms. The Hall–Kier alpha value is -1.85. The fourth-order valence-electron chi connectivity index (χ4n) is 2.08. The largest absolute Gasteiger partial charge is 0.326 e. The van der Waals surface area contributed by atoms with Crippen LogP contribution in [-0.2, 0) is 10.5 Å². The molecule has 3 aromatic rings. The van der Waals surface area contributed by atoms with Crippen LogP contribution in [0.1, 0.15) is 26.3 Å². The predicted molar refractivity (Wildman–Crippen MR) is 104 cm³/mol. The molecular formula is C19H20N2OS2. The molecule has 1 heterocycles. The minimum absolute atomic E-state index is 0.0186. The summed E-state index contributed by atoms with van der Waals surface area (Å²) in [7, 11) is 0. The third kappa shape index (κ3) is 4.16. The normalized spacial score (nSPS) is 11.6. The molecule has 1 aromatic heterocycles. The van der Waals surface area contributed by atoms with Crippen LogP contribution in [0.15, 0.2) is 52.9 Å². The average Bonchev–Trinajstić information content (AvgIpc) is 2.95. The number of hydrogen-bond donors (Lipinski definition) is 1. The Morgan fingerprint density at radius 2 is 1.92 bits per heavy atom. The van der Waals surface area contributed by atoms with Gasteiger partial charge in [0, 0.05) is 16.9 Å². The van der Waals surface area contributed by atoms with Crippen molar-refractivity contribution in [2.75, 3.05) is 5.32 Å². The van der Waals surface area contributed by atoms with Crippen LogP contribution in [0.25, 0.3) is 10.2 Å². The Morgan fingerprint density at radius 1 is 1.17 bits per heavy atom. The van der Waals surface area contributed by atoms with Crippen LogP contribution in [-0.4, -0.2) is 10.9 Å². The van der Waals surface area contributed by atoms with Crippen molar-refractivity contribution in [1.29, 1.82) is 0 Å². The van der Waals surface area contributed by atoms with Crippen LogP contribution in [0.3, 0.4) is 0 Å². The maximum atomic E-state index is 12.1. The van der Waals surface area contributed by atoms with Gasteiger partial charge in [-0.15, -0.1) is 11.3 Å². The zero-order valence-electron chi connectivity index (χ0n) is 14.0. The molecule has 24 heavy (non-hydrogen) atoms. The van der Waals surface area contributed by atoms with Crippen LogP contribution in [0, 0.1) is 5.41 Å². The van der Waals surface area contributed by atoms with Gasteiger partial charge in [-0.25, -0.2) is 4.98 Å². The summed E-state index contributed by atoms with van der Waals surface area (Å²) in [4.78, 5) is 16.8. The number of benzene rings is 2. The fourth-order valence-corrected chi connectivity index (χ4v) is 4.14. The van der Waals surface area contributed by atoms with Crippen molar-refractivity contribution < 1.29 is 4.79 Å². The van der Waals surface area contributed by atoms with Crippen LogP contribution in [0.2, 0.25) is 0 Å². The van der Waals surface area contributed by atoms with Crippen LogP contribution >= 0.6 is 23.1 Å². The van der Waals surface area contributed by atoms with Gasteiger partial charge >= 0.3 is 0 Å². The van der Waals surface area contributed by atoms with Crippen LogP contribution in [0.5, 0.6) is 0 Å². The zero-order chi connectivity index (χ0) is 17.2. The predicted octanol–water partition coefficient (Wildman–Crippen LogP) is 5.57. The highest BCUT2D eigenvalue weighted by atomic mass is 32.2. The van der Waals surface area contributed by atoms with Gasteiger partial charge in [0.1, 0.15) is 0 Å². The number of thiazole rings is 1. The highest BCUT2D eigenvalue weighted by Gasteiger charge is 2.21. The van der Waals surface area contributed by atoms with Crippen molar-refractivity contribution in [3.63, 3.8) is 0 Å². The van der Waals surface area contributed by atoms with E-state index in [1.807, 2.05) is 45.0 Å². The lowest BCUT2D eigenvalue weighted by Gasteiger charge is -2.17. The Kier molecular flexibility index (Phi) is 4.92. The summed E-state index contributed by atoms with van der Waals surface area (Å²) in [5.41, 5.74) is 2.69. The van der Waals surface area contributed by atoms with E-state index in [1.165, 1.54) is 5.56 Å². The highest BCUT2D eigenvalue weighted by Crippen LogP contribution is 2.33. The van der Waals surface area contributed by atoms with Gasteiger partial charge in [0.15, 0.2) is 4.34 Å². The van der Waals surface area contributed by atoms with Gasteiger partial charge < -0.3 is 5.32 Å². The minimum Gasteiger partial charge on any atom is -0.326 e. The second-order valence-electron chi connectivity index (χ2n) is 6.64. The maximum absolute atomic E-state index is 12.1. The molecule has 1 N–H and O–H groups in total. The second kappa shape index (κ2) is 6.95. The van der Waals surface area contributed by atoms with E-state index in [0.29, 0.717) is 0 Å². The molecule has 124 valence electrons. The molecule has 0 fully saturated rings. The number of anilines is 1. The van der Waals surface area contributed by atoms with Gasteiger partial charge in [0.05, 0.1) is 10.2 Å². The number of carbonyl (C=O) groups excluding carboxylic acids is 1. The van der Waals surface area contributed by atoms with E-state index in [-0.39, 0.29) is 5.91 Å². The van der Waals surface area contributed by atoms with E-state index >= 15 is 0 Å². The van der Waals surface area contributed by atoms with E-state index in [9.17, 15) is 4.79 Å². The summed E-state index contributed by atoms with van der Waals surface area (Å²) < 4.78 is 2.14. The summed E-state index contributed by atoms with van der Waals surface area (Å²) in [5.74, 6) is 0.930. The van der Waals surface area contributed by atoms with Crippen LogP contribution < -0.4 is 5.32 Å². The van der Waals surface area contributed by atoms with Crippen LogP contribution in [0.4, 0.5) is 5.69 Å². The number of nitrogens with one attached hydrogen (secondary N) is 1. The first kappa shape index (κ1) is 17.0. The van der Waals surface area contributed by atoms with Gasteiger partial charge in [0.2, 0.25) is 5.91 Å². The summed E-state index contributed by atoms with van der Waals surface area (Å²) in [5, 5.41) is 2.97. The van der Waals surface area contributed by atoms with E-state index < -0.39 is 5.41 Å². The van der Waals surface area contributed by atoms with Gasteiger partial charge in [-0.3, -0.25) is 4.79 Å². The molecule has 0 aliphatic heterocycles. The Bertz CT molecular complexity index is 851. The van der Waals surface area contributed by atoms with Gasteiger partial charge in [-0.2, -0.15) is 0 Å². The Balaban J connectivity index is 1.73. The van der Waals surface area contributed by atoms with Gasteiger partial charge in [0.25, 0.3) is 0 Å². The van der Waals surface area contributed by atoms with Crippen molar-refractivity contribution in [3.8, 4) is 0 Å². The first-order valence-corrected chi connectivity index (χ1v) is 9.61. The van der Waals surface area contributed by atoms with Gasteiger partial charge in [-0.05, 0) is 23.8 Å². The molecule has 0 atom stereocenters. The number of nitrogens with zero attached hydrogens (tertiary/aromatic N) is 1. The molecule has 5 heteroatoms. The van der Waals surface area contributed by atoms with E-state index in [4.69, 9.17) is 0 Å². The molecule has 0 saturated carbocycles. The lowest BCUT2D eigenvalue weighted by Crippen LogP contribution is -2.27. The SMILES string of the molecule is CC(C)(C)C(=O)Nc1ccc2nc(SCc3ccccc3)sc2c1. The monoisotopic (exact) mass is 356 g/mol. The quantitative estimate of drug-likeness (QED) is 0.621. The lowest BCUT2D eigenvalue weighted by molar-refractivity contribution is -0.123. The topological polar surface area (TPSA) is 42.0 Å². The molecule has 3 rings (SSSR count). The number of rotatable bonds is 4. The molecule has 0 spiro atoms. The molecule has 0 radical (unpaired) electrons. The third-order valence-electron chi connectivity index (χ3n) is 3.51. The number of thioether (sulfide) groups is 1. The number of hydrogen-bond acceptors (Lipinski definition) is 4. The summed E-state index contributed by atoms with van der Waals surface area (Å²) in [6.45, 7) is 5.73. The lowest BCUT2D eigenvalue weighted by atomic mass is 9.95.